The minimum atomic E-state index is 0.0177. The number of rotatable bonds is 6. The number of carbonyl (C=O) groups excluding carboxylic acids is 1. The van der Waals surface area contributed by atoms with Crippen LogP contribution in [0.5, 0.6) is 0 Å². The van der Waals surface area contributed by atoms with E-state index in [9.17, 15) is 4.79 Å². The molecule has 2 aliphatic heterocycles. The fraction of sp³-hybridized carbons (Fsp3) is 0.722. The van der Waals surface area contributed by atoms with E-state index < -0.39 is 0 Å². The first-order valence-corrected chi connectivity index (χ1v) is 8.90. The average Bonchev–Trinajstić information content (AvgIpc) is 3.07. The normalized spacial score (nSPS) is 22.3. The standard InChI is InChI=1S/C18H29N3O3/c1-19(2)18(22)14-24-11-7-17-13-20(15-5-9-23-10-6-15)12-16-4-3-8-21(16)17/h3-4,8,15,17H,5-7,9-14H2,1-2H3. The van der Waals surface area contributed by atoms with Crippen molar-refractivity contribution in [1.29, 1.82) is 0 Å². The SMILES string of the molecule is CN(C)C(=O)COCCC1CN(C2CCOCC2)Cc2cccn21. The first-order chi connectivity index (χ1) is 11.6. The molecule has 1 atom stereocenters. The molecule has 1 saturated heterocycles. The molecule has 0 N–H and O–H groups in total. The number of carbonyl (C=O) groups is 1. The van der Waals surface area contributed by atoms with Crippen LogP contribution in [0.4, 0.5) is 0 Å². The van der Waals surface area contributed by atoms with Crippen LogP contribution < -0.4 is 0 Å². The van der Waals surface area contributed by atoms with Crippen LogP contribution in [0.2, 0.25) is 0 Å². The molecule has 134 valence electrons. The molecule has 1 aromatic heterocycles. The summed E-state index contributed by atoms with van der Waals surface area (Å²) in [5.74, 6) is 0.0177. The number of hydrogen-bond donors (Lipinski definition) is 0. The molecule has 1 amide bonds. The van der Waals surface area contributed by atoms with Gasteiger partial charge in [0, 0.05) is 71.0 Å². The lowest BCUT2D eigenvalue weighted by molar-refractivity contribution is -0.133. The zero-order valence-corrected chi connectivity index (χ0v) is 14.8. The van der Waals surface area contributed by atoms with Gasteiger partial charge in [-0.05, 0) is 31.4 Å². The smallest absolute Gasteiger partial charge is 0.248 e. The minimum absolute atomic E-state index is 0.0177. The summed E-state index contributed by atoms with van der Waals surface area (Å²) in [5, 5.41) is 0. The van der Waals surface area contributed by atoms with E-state index in [0.717, 1.165) is 45.6 Å². The Hall–Kier alpha value is -1.37. The first kappa shape index (κ1) is 17.5. The summed E-state index contributed by atoms with van der Waals surface area (Å²) in [7, 11) is 3.51. The highest BCUT2D eigenvalue weighted by Gasteiger charge is 2.29. The maximum atomic E-state index is 11.6. The van der Waals surface area contributed by atoms with E-state index in [2.05, 4.69) is 27.8 Å². The Bertz CT molecular complexity index is 537. The number of likely N-dealkylation sites (N-methyl/N-ethyl adjacent to an activating group) is 1. The van der Waals surface area contributed by atoms with Gasteiger partial charge in [0.25, 0.3) is 0 Å². The highest BCUT2D eigenvalue weighted by atomic mass is 16.5. The summed E-state index contributed by atoms with van der Waals surface area (Å²) in [4.78, 5) is 15.8. The number of aromatic nitrogens is 1. The van der Waals surface area contributed by atoms with Crippen molar-refractivity contribution < 1.29 is 14.3 Å². The topological polar surface area (TPSA) is 46.9 Å². The second-order valence-electron chi connectivity index (χ2n) is 6.96. The van der Waals surface area contributed by atoms with E-state index in [1.807, 2.05) is 0 Å². The van der Waals surface area contributed by atoms with Crippen LogP contribution in [-0.2, 0) is 20.8 Å². The molecule has 0 aliphatic carbocycles. The van der Waals surface area contributed by atoms with E-state index in [4.69, 9.17) is 9.47 Å². The van der Waals surface area contributed by atoms with Crippen LogP contribution in [0.1, 0.15) is 31.0 Å². The van der Waals surface area contributed by atoms with Crippen LogP contribution in [0.3, 0.4) is 0 Å². The van der Waals surface area contributed by atoms with Gasteiger partial charge in [-0.2, -0.15) is 0 Å². The lowest BCUT2D eigenvalue weighted by atomic mass is 10.0. The summed E-state index contributed by atoms with van der Waals surface area (Å²) in [6, 6.07) is 5.39. The van der Waals surface area contributed by atoms with Gasteiger partial charge >= 0.3 is 0 Å². The summed E-state index contributed by atoms with van der Waals surface area (Å²) in [5.41, 5.74) is 1.38. The van der Waals surface area contributed by atoms with Crippen molar-refractivity contribution in [3.05, 3.63) is 24.0 Å². The molecular weight excluding hydrogens is 306 g/mol. The van der Waals surface area contributed by atoms with E-state index in [0.29, 0.717) is 18.7 Å². The second kappa shape index (κ2) is 8.14. The lowest BCUT2D eigenvalue weighted by Gasteiger charge is -2.41. The summed E-state index contributed by atoms with van der Waals surface area (Å²) < 4.78 is 13.5. The summed E-state index contributed by atoms with van der Waals surface area (Å²) in [6.07, 6.45) is 5.36. The molecule has 0 aromatic carbocycles. The van der Waals surface area contributed by atoms with Gasteiger partial charge in [0.2, 0.25) is 5.91 Å². The molecule has 1 aromatic rings. The number of fused-ring (bicyclic) bond motifs is 1. The molecule has 1 fully saturated rings. The van der Waals surface area contributed by atoms with Crippen LogP contribution in [-0.4, -0.2) is 73.4 Å². The molecule has 3 heterocycles. The lowest BCUT2D eigenvalue weighted by Crippen LogP contribution is -2.45. The van der Waals surface area contributed by atoms with Crippen LogP contribution in [0.15, 0.2) is 18.3 Å². The van der Waals surface area contributed by atoms with Gasteiger partial charge in [-0.15, -0.1) is 0 Å². The molecule has 24 heavy (non-hydrogen) atoms. The Kier molecular flexibility index (Phi) is 5.92. The van der Waals surface area contributed by atoms with Crippen molar-refractivity contribution in [2.75, 3.05) is 47.1 Å². The fourth-order valence-corrected chi connectivity index (χ4v) is 3.62. The van der Waals surface area contributed by atoms with Crippen molar-refractivity contribution in [2.45, 2.75) is 37.9 Å². The van der Waals surface area contributed by atoms with Crippen molar-refractivity contribution in [3.63, 3.8) is 0 Å². The number of amides is 1. The predicted octanol–water partition coefficient (Wildman–Crippen LogP) is 1.52. The van der Waals surface area contributed by atoms with Crippen LogP contribution >= 0.6 is 0 Å². The monoisotopic (exact) mass is 335 g/mol. The maximum absolute atomic E-state index is 11.6. The molecule has 6 heteroatoms. The Balaban J connectivity index is 1.55. The molecule has 0 radical (unpaired) electrons. The number of nitrogens with zero attached hydrogens (tertiary/aromatic N) is 3. The van der Waals surface area contributed by atoms with E-state index in [-0.39, 0.29) is 12.5 Å². The summed E-state index contributed by atoms with van der Waals surface area (Å²) in [6.45, 7) is 4.61. The Morgan fingerprint density at radius 3 is 2.92 bits per heavy atom. The largest absolute Gasteiger partial charge is 0.381 e. The van der Waals surface area contributed by atoms with Gasteiger partial charge in [-0.3, -0.25) is 9.69 Å². The molecule has 2 aliphatic rings. The highest BCUT2D eigenvalue weighted by Crippen LogP contribution is 2.28. The molecule has 6 nitrogen and oxygen atoms in total. The molecule has 0 saturated carbocycles. The Morgan fingerprint density at radius 2 is 2.17 bits per heavy atom. The van der Waals surface area contributed by atoms with Gasteiger partial charge in [0.15, 0.2) is 0 Å². The van der Waals surface area contributed by atoms with Crippen molar-refractivity contribution in [2.24, 2.45) is 0 Å². The van der Waals surface area contributed by atoms with E-state index in [1.54, 1.807) is 19.0 Å². The molecule has 1 unspecified atom stereocenters. The predicted molar refractivity (Wildman–Crippen MR) is 91.9 cm³/mol. The minimum Gasteiger partial charge on any atom is -0.381 e. The zero-order chi connectivity index (χ0) is 16.9. The molecule has 0 bridgehead atoms. The zero-order valence-electron chi connectivity index (χ0n) is 14.8. The van der Waals surface area contributed by atoms with E-state index in [1.165, 1.54) is 5.69 Å². The summed E-state index contributed by atoms with van der Waals surface area (Å²) >= 11 is 0. The highest BCUT2D eigenvalue weighted by molar-refractivity contribution is 5.76. The quantitative estimate of drug-likeness (QED) is 0.740. The number of hydrogen-bond acceptors (Lipinski definition) is 4. The third kappa shape index (κ3) is 4.18. The Morgan fingerprint density at radius 1 is 1.38 bits per heavy atom. The van der Waals surface area contributed by atoms with Crippen LogP contribution in [0, 0.1) is 0 Å². The van der Waals surface area contributed by atoms with Gasteiger partial charge in [-0.1, -0.05) is 0 Å². The van der Waals surface area contributed by atoms with Crippen molar-refractivity contribution in [1.82, 2.24) is 14.4 Å². The van der Waals surface area contributed by atoms with Gasteiger partial charge in [0.05, 0.1) is 0 Å². The number of ether oxygens (including phenoxy) is 2. The van der Waals surface area contributed by atoms with Crippen LogP contribution in [0.25, 0.3) is 0 Å². The average molecular weight is 335 g/mol. The van der Waals surface area contributed by atoms with Crippen molar-refractivity contribution in [3.8, 4) is 0 Å². The molecule has 3 rings (SSSR count). The third-order valence-electron chi connectivity index (χ3n) is 5.10. The van der Waals surface area contributed by atoms with Crippen molar-refractivity contribution >= 4 is 5.91 Å². The molecule has 0 spiro atoms. The first-order valence-electron chi connectivity index (χ1n) is 8.90. The maximum Gasteiger partial charge on any atom is 0.248 e. The fourth-order valence-electron chi connectivity index (χ4n) is 3.62. The Labute approximate surface area is 144 Å². The van der Waals surface area contributed by atoms with Gasteiger partial charge in [-0.25, -0.2) is 0 Å². The van der Waals surface area contributed by atoms with E-state index >= 15 is 0 Å². The second-order valence-corrected chi connectivity index (χ2v) is 6.96. The molecular formula is C18H29N3O3. The third-order valence-corrected chi connectivity index (χ3v) is 5.10. The van der Waals surface area contributed by atoms with Gasteiger partial charge < -0.3 is 18.9 Å². The van der Waals surface area contributed by atoms with Gasteiger partial charge in [0.1, 0.15) is 6.61 Å².